The molecule has 0 N–H and O–H groups in total. The maximum absolute atomic E-state index is 9.79. The number of aliphatic imine (C=N–C) groups is 1. The van der Waals surface area contributed by atoms with Crippen LogP contribution in [0.3, 0.4) is 0 Å². The van der Waals surface area contributed by atoms with Gasteiger partial charge in [0.2, 0.25) is 6.08 Å². The predicted molar refractivity (Wildman–Crippen MR) is 34.6 cm³/mol. The zero-order valence-corrected chi connectivity index (χ0v) is 5.42. The molecule has 1 aliphatic rings. The van der Waals surface area contributed by atoms with Gasteiger partial charge in [0.15, 0.2) is 0 Å². The van der Waals surface area contributed by atoms with Crippen LogP contribution in [0.4, 0.5) is 0 Å². The number of hydrogen-bond donors (Lipinski definition) is 0. The molecule has 0 unspecified atom stereocenters. The van der Waals surface area contributed by atoms with Crippen LogP contribution in [0.15, 0.2) is 16.3 Å². The minimum atomic E-state index is 0.623. The van der Waals surface area contributed by atoms with Gasteiger partial charge in [-0.25, -0.2) is 4.79 Å². The molecule has 3 nitrogen and oxygen atoms in total. The molecule has 0 aromatic carbocycles. The summed E-state index contributed by atoms with van der Waals surface area (Å²) in [6, 6.07) is 2.01. The molecule has 0 spiro atoms. The van der Waals surface area contributed by atoms with Gasteiger partial charge in [0.05, 0.1) is 17.3 Å². The van der Waals surface area contributed by atoms with E-state index in [0.29, 0.717) is 11.3 Å². The Labute approximate surface area is 58.7 Å². The lowest BCUT2D eigenvalue weighted by Crippen LogP contribution is -1.74. The van der Waals surface area contributed by atoms with Crippen molar-refractivity contribution in [1.82, 2.24) is 0 Å². The molecule has 0 atom stereocenters. The summed E-state index contributed by atoms with van der Waals surface area (Å²) in [6.45, 7) is 0. The van der Waals surface area contributed by atoms with Crippen LogP contribution in [-0.4, -0.2) is 6.08 Å². The minimum Gasteiger partial charge on any atom is -0.211 e. The molecule has 10 heavy (non-hydrogen) atoms. The zero-order valence-electron chi connectivity index (χ0n) is 5.42. The van der Waals surface area contributed by atoms with Crippen molar-refractivity contribution >= 4 is 6.08 Å². The standard InChI is InChI=1S/C7H6N2O/c8-4-6-2-1-3-7(6)9-5-10/h1-3H2. The quantitative estimate of drug-likeness (QED) is 0.400. The largest absolute Gasteiger partial charge is 0.240 e. The number of hydrogen-bond acceptors (Lipinski definition) is 3. The molecule has 0 aromatic rings. The van der Waals surface area contributed by atoms with Gasteiger partial charge in [0.1, 0.15) is 0 Å². The summed E-state index contributed by atoms with van der Waals surface area (Å²) in [5.41, 5.74) is 1.26. The fourth-order valence-corrected chi connectivity index (χ4v) is 1.03. The lowest BCUT2D eigenvalue weighted by atomic mass is 10.2. The highest BCUT2D eigenvalue weighted by atomic mass is 16.1. The summed E-state index contributed by atoms with van der Waals surface area (Å²) in [4.78, 5) is 13.2. The van der Waals surface area contributed by atoms with Gasteiger partial charge in [0, 0.05) is 0 Å². The third-order valence-electron chi connectivity index (χ3n) is 1.50. The maximum atomic E-state index is 9.79. The summed E-state index contributed by atoms with van der Waals surface area (Å²) in [7, 11) is 0. The predicted octanol–water partition coefficient (Wildman–Crippen LogP) is 1.28. The van der Waals surface area contributed by atoms with Crippen LogP contribution >= 0.6 is 0 Å². The molecule has 1 aliphatic carbocycles. The Balaban J connectivity index is 2.91. The fourth-order valence-electron chi connectivity index (χ4n) is 1.03. The van der Waals surface area contributed by atoms with Gasteiger partial charge in [-0.3, -0.25) is 0 Å². The Morgan fingerprint density at radius 1 is 1.50 bits per heavy atom. The molecule has 0 amide bonds. The first-order valence-electron chi connectivity index (χ1n) is 3.08. The Kier molecular flexibility index (Phi) is 1.99. The highest BCUT2D eigenvalue weighted by Crippen LogP contribution is 2.25. The van der Waals surface area contributed by atoms with Gasteiger partial charge >= 0.3 is 0 Å². The summed E-state index contributed by atoms with van der Waals surface area (Å²) in [5, 5.41) is 8.47. The summed E-state index contributed by atoms with van der Waals surface area (Å²) in [6.07, 6.45) is 3.88. The van der Waals surface area contributed by atoms with E-state index in [-0.39, 0.29) is 0 Å². The third kappa shape index (κ3) is 1.12. The minimum absolute atomic E-state index is 0.623. The first-order chi connectivity index (χ1) is 4.88. The molecule has 0 saturated carbocycles. The van der Waals surface area contributed by atoms with Crippen LogP contribution in [0, 0.1) is 11.3 Å². The summed E-state index contributed by atoms with van der Waals surface area (Å²) >= 11 is 0. The fraction of sp³-hybridized carbons (Fsp3) is 0.429. The SMILES string of the molecule is N#CC1=C(N=C=O)CCC1. The van der Waals surface area contributed by atoms with Crippen LogP contribution in [0.5, 0.6) is 0 Å². The molecule has 0 aliphatic heterocycles. The number of isocyanates is 1. The average Bonchev–Trinajstić information content (AvgIpc) is 2.36. The average molecular weight is 134 g/mol. The first kappa shape index (κ1) is 6.73. The van der Waals surface area contributed by atoms with E-state index in [1.165, 1.54) is 6.08 Å². The maximum Gasteiger partial charge on any atom is 0.240 e. The van der Waals surface area contributed by atoms with Crippen molar-refractivity contribution < 1.29 is 4.79 Å². The van der Waals surface area contributed by atoms with Crippen LogP contribution in [0.25, 0.3) is 0 Å². The van der Waals surface area contributed by atoms with E-state index in [9.17, 15) is 4.79 Å². The van der Waals surface area contributed by atoms with E-state index >= 15 is 0 Å². The Morgan fingerprint density at radius 2 is 2.30 bits per heavy atom. The highest BCUT2D eigenvalue weighted by molar-refractivity contribution is 5.41. The lowest BCUT2D eigenvalue weighted by molar-refractivity contribution is 0.564. The molecule has 0 radical (unpaired) electrons. The van der Waals surface area contributed by atoms with Gasteiger partial charge in [-0.05, 0) is 19.3 Å². The second-order valence-electron chi connectivity index (χ2n) is 2.09. The van der Waals surface area contributed by atoms with E-state index in [0.717, 1.165) is 19.3 Å². The summed E-state index contributed by atoms with van der Waals surface area (Å²) < 4.78 is 0. The van der Waals surface area contributed by atoms with Gasteiger partial charge < -0.3 is 0 Å². The summed E-state index contributed by atoms with van der Waals surface area (Å²) in [5.74, 6) is 0. The molecule has 3 heteroatoms. The molecule has 0 heterocycles. The Hall–Kier alpha value is -1.39. The smallest absolute Gasteiger partial charge is 0.211 e. The first-order valence-corrected chi connectivity index (χ1v) is 3.08. The Morgan fingerprint density at radius 3 is 2.90 bits per heavy atom. The number of allylic oxidation sites excluding steroid dienone is 2. The van der Waals surface area contributed by atoms with Crippen molar-refractivity contribution in [2.75, 3.05) is 0 Å². The normalized spacial score (nSPS) is 16.3. The molecule has 50 valence electrons. The van der Waals surface area contributed by atoms with Crippen molar-refractivity contribution in [3.63, 3.8) is 0 Å². The van der Waals surface area contributed by atoms with Crippen LogP contribution < -0.4 is 0 Å². The zero-order chi connectivity index (χ0) is 7.40. The molecular formula is C7H6N2O. The van der Waals surface area contributed by atoms with Crippen LogP contribution in [-0.2, 0) is 4.79 Å². The molecule has 0 bridgehead atoms. The van der Waals surface area contributed by atoms with E-state index < -0.39 is 0 Å². The van der Waals surface area contributed by atoms with Gasteiger partial charge in [-0.1, -0.05) is 0 Å². The number of carbonyl (C=O) groups excluding carboxylic acids is 1. The monoisotopic (exact) mass is 134 g/mol. The van der Waals surface area contributed by atoms with Gasteiger partial charge in [-0.2, -0.15) is 10.3 Å². The highest BCUT2D eigenvalue weighted by Gasteiger charge is 2.12. The van der Waals surface area contributed by atoms with Crippen molar-refractivity contribution in [1.29, 1.82) is 5.26 Å². The topological polar surface area (TPSA) is 53.2 Å². The van der Waals surface area contributed by atoms with Crippen molar-refractivity contribution in [3.8, 4) is 6.07 Å². The van der Waals surface area contributed by atoms with Crippen LogP contribution in [0.1, 0.15) is 19.3 Å². The van der Waals surface area contributed by atoms with Gasteiger partial charge in [0.25, 0.3) is 0 Å². The van der Waals surface area contributed by atoms with Crippen molar-refractivity contribution in [2.45, 2.75) is 19.3 Å². The second-order valence-corrected chi connectivity index (χ2v) is 2.09. The lowest BCUT2D eigenvalue weighted by Gasteiger charge is -1.84. The third-order valence-corrected chi connectivity index (χ3v) is 1.50. The van der Waals surface area contributed by atoms with Crippen molar-refractivity contribution in [2.24, 2.45) is 4.99 Å². The van der Waals surface area contributed by atoms with Gasteiger partial charge in [-0.15, -0.1) is 0 Å². The molecular weight excluding hydrogens is 128 g/mol. The molecule has 0 fully saturated rings. The van der Waals surface area contributed by atoms with E-state index in [2.05, 4.69) is 4.99 Å². The molecule has 0 saturated heterocycles. The second kappa shape index (κ2) is 2.95. The number of rotatable bonds is 1. The molecule has 1 rings (SSSR count). The van der Waals surface area contributed by atoms with E-state index in [1.807, 2.05) is 6.07 Å². The number of nitriles is 1. The molecule has 0 aromatic heterocycles. The van der Waals surface area contributed by atoms with Crippen LogP contribution in [0.2, 0.25) is 0 Å². The number of nitrogens with zero attached hydrogens (tertiary/aromatic N) is 2. The Bertz CT molecular complexity index is 253. The van der Waals surface area contributed by atoms with Crippen molar-refractivity contribution in [3.05, 3.63) is 11.3 Å². The van der Waals surface area contributed by atoms with E-state index in [1.54, 1.807) is 0 Å². The van der Waals surface area contributed by atoms with E-state index in [4.69, 9.17) is 5.26 Å².